The second kappa shape index (κ2) is 7.82. The third kappa shape index (κ3) is 4.20. The SMILES string of the molecule is COc1ccc(C)cc1Nc1ccc(C(=O)Nc2c(F)cccc2F)nc1. The molecule has 1 amide bonds. The number of methoxy groups -OCH3 is 1. The summed E-state index contributed by atoms with van der Waals surface area (Å²) >= 11 is 0. The number of benzene rings is 2. The number of halogens is 2. The Morgan fingerprint density at radius 1 is 1.07 bits per heavy atom. The van der Waals surface area contributed by atoms with Crippen molar-refractivity contribution in [3.63, 3.8) is 0 Å². The van der Waals surface area contributed by atoms with E-state index in [0.717, 1.165) is 23.4 Å². The maximum atomic E-state index is 13.6. The number of rotatable bonds is 5. The first-order valence-electron chi connectivity index (χ1n) is 8.11. The van der Waals surface area contributed by atoms with Gasteiger partial charge in [-0.15, -0.1) is 0 Å². The van der Waals surface area contributed by atoms with E-state index in [2.05, 4.69) is 15.6 Å². The van der Waals surface area contributed by atoms with Crippen molar-refractivity contribution in [1.29, 1.82) is 0 Å². The number of aryl methyl sites for hydroxylation is 1. The van der Waals surface area contributed by atoms with Crippen molar-refractivity contribution in [2.45, 2.75) is 6.92 Å². The van der Waals surface area contributed by atoms with Crippen LogP contribution in [0, 0.1) is 18.6 Å². The topological polar surface area (TPSA) is 63.2 Å². The number of carbonyl (C=O) groups excluding carboxylic acids is 1. The third-order valence-electron chi connectivity index (χ3n) is 3.83. The van der Waals surface area contributed by atoms with Crippen LogP contribution < -0.4 is 15.4 Å². The van der Waals surface area contributed by atoms with Crippen LogP contribution in [0.4, 0.5) is 25.8 Å². The monoisotopic (exact) mass is 369 g/mol. The Hall–Kier alpha value is -3.48. The zero-order valence-corrected chi connectivity index (χ0v) is 14.7. The molecule has 2 aromatic carbocycles. The van der Waals surface area contributed by atoms with Gasteiger partial charge in [0, 0.05) is 0 Å². The number of carbonyl (C=O) groups is 1. The fourth-order valence-corrected chi connectivity index (χ4v) is 2.47. The van der Waals surface area contributed by atoms with E-state index < -0.39 is 23.2 Å². The standard InChI is InChI=1S/C20H17F2N3O2/c1-12-6-9-18(27-2)17(10-12)24-13-7-8-16(23-11-13)20(26)25-19-14(21)4-3-5-15(19)22/h3-11,24H,1-2H3,(H,25,26). The minimum atomic E-state index is -0.854. The molecule has 1 heterocycles. The summed E-state index contributed by atoms with van der Waals surface area (Å²) in [6.45, 7) is 1.96. The summed E-state index contributed by atoms with van der Waals surface area (Å²) in [6, 6.07) is 12.1. The lowest BCUT2D eigenvalue weighted by Gasteiger charge is -2.12. The van der Waals surface area contributed by atoms with Gasteiger partial charge in [-0.3, -0.25) is 4.79 Å². The highest BCUT2D eigenvalue weighted by atomic mass is 19.1. The minimum Gasteiger partial charge on any atom is -0.495 e. The van der Waals surface area contributed by atoms with Crippen LogP contribution in [0.25, 0.3) is 0 Å². The molecule has 0 aliphatic rings. The van der Waals surface area contributed by atoms with Crippen molar-refractivity contribution >= 4 is 23.0 Å². The predicted molar refractivity (Wildman–Crippen MR) is 99.6 cm³/mol. The third-order valence-corrected chi connectivity index (χ3v) is 3.83. The molecule has 0 saturated carbocycles. The summed E-state index contributed by atoms with van der Waals surface area (Å²) in [5, 5.41) is 5.36. The minimum absolute atomic E-state index is 0.0272. The molecule has 1 aromatic heterocycles. The van der Waals surface area contributed by atoms with E-state index in [1.165, 1.54) is 18.3 Å². The van der Waals surface area contributed by atoms with Gasteiger partial charge in [-0.2, -0.15) is 0 Å². The molecule has 2 N–H and O–H groups in total. The Morgan fingerprint density at radius 2 is 1.81 bits per heavy atom. The fraction of sp³-hybridized carbons (Fsp3) is 0.100. The van der Waals surface area contributed by atoms with Crippen molar-refractivity contribution in [2.75, 3.05) is 17.7 Å². The highest BCUT2D eigenvalue weighted by molar-refractivity contribution is 6.03. The molecule has 27 heavy (non-hydrogen) atoms. The van der Waals surface area contributed by atoms with Crippen molar-refractivity contribution in [3.8, 4) is 5.75 Å². The second-order valence-electron chi connectivity index (χ2n) is 5.81. The average molecular weight is 369 g/mol. The van der Waals surface area contributed by atoms with Crippen LogP contribution in [0.3, 0.4) is 0 Å². The van der Waals surface area contributed by atoms with Crippen molar-refractivity contribution in [3.05, 3.63) is 77.6 Å². The van der Waals surface area contributed by atoms with Gasteiger partial charge in [0.15, 0.2) is 0 Å². The zero-order valence-electron chi connectivity index (χ0n) is 14.7. The molecule has 0 spiro atoms. The van der Waals surface area contributed by atoms with Crippen LogP contribution >= 0.6 is 0 Å². The number of ether oxygens (including phenoxy) is 1. The zero-order chi connectivity index (χ0) is 19.4. The highest BCUT2D eigenvalue weighted by Crippen LogP contribution is 2.28. The van der Waals surface area contributed by atoms with E-state index in [0.29, 0.717) is 11.4 Å². The fourth-order valence-electron chi connectivity index (χ4n) is 2.47. The van der Waals surface area contributed by atoms with Gasteiger partial charge in [-0.1, -0.05) is 12.1 Å². The second-order valence-corrected chi connectivity index (χ2v) is 5.81. The molecule has 0 unspecified atom stereocenters. The number of nitrogens with zero attached hydrogens (tertiary/aromatic N) is 1. The van der Waals surface area contributed by atoms with Crippen LogP contribution in [0.1, 0.15) is 16.1 Å². The largest absolute Gasteiger partial charge is 0.495 e. The van der Waals surface area contributed by atoms with Gasteiger partial charge in [0.05, 0.1) is 24.7 Å². The summed E-state index contributed by atoms with van der Waals surface area (Å²) < 4.78 is 32.6. The Bertz CT molecular complexity index is 955. The molecule has 138 valence electrons. The van der Waals surface area contributed by atoms with Gasteiger partial charge < -0.3 is 15.4 Å². The average Bonchev–Trinajstić information content (AvgIpc) is 2.65. The summed E-state index contributed by atoms with van der Waals surface area (Å²) in [6.07, 6.45) is 1.45. The van der Waals surface area contributed by atoms with E-state index >= 15 is 0 Å². The van der Waals surface area contributed by atoms with Crippen LogP contribution in [-0.2, 0) is 0 Å². The van der Waals surface area contributed by atoms with Crippen molar-refractivity contribution in [2.24, 2.45) is 0 Å². The maximum Gasteiger partial charge on any atom is 0.274 e. The summed E-state index contributed by atoms with van der Waals surface area (Å²) in [4.78, 5) is 16.2. The summed E-state index contributed by atoms with van der Waals surface area (Å²) in [5.41, 5.74) is 1.96. The maximum absolute atomic E-state index is 13.6. The molecular formula is C20H17F2N3O2. The van der Waals surface area contributed by atoms with Gasteiger partial charge in [0.1, 0.15) is 28.8 Å². The molecule has 0 bridgehead atoms. The lowest BCUT2D eigenvalue weighted by Crippen LogP contribution is -2.15. The number of para-hydroxylation sites is 1. The number of anilines is 3. The normalized spacial score (nSPS) is 10.4. The molecule has 0 radical (unpaired) electrons. The Kier molecular flexibility index (Phi) is 5.30. The van der Waals surface area contributed by atoms with E-state index in [-0.39, 0.29) is 5.69 Å². The highest BCUT2D eigenvalue weighted by Gasteiger charge is 2.14. The van der Waals surface area contributed by atoms with E-state index in [9.17, 15) is 13.6 Å². The molecule has 3 aromatic rings. The quantitative estimate of drug-likeness (QED) is 0.686. The molecule has 0 atom stereocenters. The molecule has 0 aliphatic heterocycles. The number of pyridine rings is 1. The number of nitrogens with one attached hydrogen (secondary N) is 2. The van der Waals surface area contributed by atoms with Crippen molar-refractivity contribution in [1.82, 2.24) is 4.98 Å². The Labute approximate surface area is 155 Å². The van der Waals surface area contributed by atoms with Gasteiger partial charge >= 0.3 is 0 Å². The first kappa shape index (κ1) is 18.3. The van der Waals surface area contributed by atoms with Gasteiger partial charge in [-0.05, 0) is 48.9 Å². The summed E-state index contributed by atoms with van der Waals surface area (Å²) in [5.74, 6) is -1.75. The number of amides is 1. The molecule has 3 rings (SSSR count). The van der Waals surface area contributed by atoms with E-state index in [1.54, 1.807) is 13.2 Å². The van der Waals surface area contributed by atoms with Crippen LogP contribution in [0.2, 0.25) is 0 Å². The summed E-state index contributed by atoms with van der Waals surface area (Å²) in [7, 11) is 1.57. The molecule has 0 saturated heterocycles. The molecule has 5 nitrogen and oxygen atoms in total. The van der Waals surface area contributed by atoms with Crippen LogP contribution in [0.5, 0.6) is 5.75 Å². The number of hydrogen-bond acceptors (Lipinski definition) is 4. The van der Waals surface area contributed by atoms with E-state index in [4.69, 9.17) is 4.74 Å². The molecule has 0 aliphatic carbocycles. The lowest BCUT2D eigenvalue weighted by atomic mass is 10.2. The van der Waals surface area contributed by atoms with Crippen LogP contribution in [0.15, 0.2) is 54.7 Å². The lowest BCUT2D eigenvalue weighted by molar-refractivity contribution is 0.102. The molecule has 0 fully saturated rings. The Balaban J connectivity index is 1.76. The number of aromatic nitrogens is 1. The van der Waals surface area contributed by atoms with Gasteiger partial charge in [0.2, 0.25) is 0 Å². The van der Waals surface area contributed by atoms with Crippen LogP contribution in [-0.4, -0.2) is 18.0 Å². The Morgan fingerprint density at radius 3 is 2.44 bits per heavy atom. The van der Waals surface area contributed by atoms with Gasteiger partial charge in [-0.25, -0.2) is 13.8 Å². The number of hydrogen-bond donors (Lipinski definition) is 2. The first-order chi connectivity index (χ1) is 13.0. The first-order valence-corrected chi connectivity index (χ1v) is 8.11. The molecular weight excluding hydrogens is 352 g/mol. The van der Waals surface area contributed by atoms with E-state index in [1.807, 2.05) is 25.1 Å². The molecule has 7 heteroatoms. The predicted octanol–water partition coefficient (Wildman–Crippen LogP) is 4.67. The van der Waals surface area contributed by atoms with Gasteiger partial charge in [0.25, 0.3) is 5.91 Å². The smallest absolute Gasteiger partial charge is 0.274 e. The van der Waals surface area contributed by atoms with Crippen molar-refractivity contribution < 1.29 is 18.3 Å².